The molecule has 1 aromatic rings. The number of hydrogen-bond donors (Lipinski definition) is 1. The minimum absolute atomic E-state index is 0. The van der Waals surface area contributed by atoms with Gasteiger partial charge >= 0.3 is 18.9 Å². The van der Waals surface area contributed by atoms with Crippen molar-refractivity contribution in [3.05, 3.63) is 24.3 Å². The van der Waals surface area contributed by atoms with Crippen molar-refractivity contribution < 1.29 is 4.74 Å². The molecule has 0 fully saturated rings. The number of benzene rings is 1. The molecule has 0 aliphatic rings. The van der Waals surface area contributed by atoms with E-state index in [1.165, 1.54) is 0 Å². The van der Waals surface area contributed by atoms with E-state index in [-0.39, 0.29) is 18.9 Å². The molecule has 50 valence electrons. The Bertz CT molecular complexity index is 203. The molecular weight excluding hydrogens is 139 g/mol. The van der Waals surface area contributed by atoms with Crippen LogP contribution in [0.25, 0.3) is 0 Å². The van der Waals surface area contributed by atoms with Gasteiger partial charge in [0, 0.05) is 4.90 Å². The topological polar surface area (TPSA) is 9.23 Å². The van der Waals surface area contributed by atoms with E-state index in [1.54, 1.807) is 7.11 Å². The predicted octanol–water partition coefficient (Wildman–Crippen LogP) is 1.34. The molecule has 0 spiro atoms. The summed E-state index contributed by atoms with van der Waals surface area (Å²) in [6, 6.07) is 7.60. The van der Waals surface area contributed by atoms with Gasteiger partial charge in [0.25, 0.3) is 0 Å². The van der Waals surface area contributed by atoms with Crippen LogP contribution in [-0.4, -0.2) is 26.0 Å². The van der Waals surface area contributed by atoms with E-state index in [4.69, 9.17) is 4.74 Å². The van der Waals surface area contributed by atoms with Gasteiger partial charge < -0.3 is 4.74 Å². The monoisotopic (exact) mass is 148 g/mol. The van der Waals surface area contributed by atoms with E-state index in [9.17, 15) is 0 Å². The van der Waals surface area contributed by atoms with Crippen LogP contribution in [-0.2, 0) is 0 Å². The average Bonchev–Trinajstić information content (AvgIpc) is 1.89. The molecule has 0 aliphatic carbocycles. The van der Waals surface area contributed by atoms with E-state index in [0.29, 0.717) is 0 Å². The zero-order valence-corrected chi connectivity index (χ0v) is 6.06. The number of methoxy groups -OCH3 is 1. The second-order valence-corrected chi connectivity index (χ2v) is 2.15. The molecule has 1 aromatic carbocycles. The number of para-hydroxylation sites is 1. The first-order valence-corrected chi connectivity index (χ1v) is 3.11. The molecule has 0 aliphatic heterocycles. The van der Waals surface area contributed by atoms with Crippen molar-refractivity contribution in [3.8, 4) is 5.75 Å². The van der Waals surface area contributed by atoms with Gasteiger partial charge in [-0.25, -0.2) is 0 Å². The summed E-state index contributed by atoms with van der Waals surface area (Å²) >= 11 is 4.15. The summed E-state index contributed by atoms with van der Waals surface area (Å²) in [6.07, 6.45) is 0. The molecule has 3 heteroatoms. The maximum absolute atomic E-state index is 4.97. The van der Waals surface area contributed by atoms with Gasteiger partial charge in [-0.2, -0.15) is 0 Å². The third-order valence-corrected chi connectivity index (χ3v) is 1.45. The standard InChI is InChI=1S/C7H8OS.Li.H/c1-8-6-4-2-3-5-7(6)9;;/h2-5,9H,1H3;;. The summed E-state index contributed by atoms with van der Waals surface area (Å²) in [4.78, 5) is 0.875. The molecule has 0 heterocycles. The van der Waals surface area contributed by atoms with Crippen molar-refractivity contribution in [3.63, 3.8) is 0 Å². The zero-order chi connectivity index (χ0) is 6.69. The second kappa shape index (κ2) is 4.73. The number of ether oxygens (including phenoxy) is 1. The molecule has 0 unspecified atom stereocenters. The molecule has 0 atom stereocenters. The Morgan fingerprint density at radius 2 is 1.90 bits per heavy atom. The van der Waals surface area contributed by atoms with E-state index in [1.807, 2.05) is 24.3 Å². The van der Waals surface area contributed by atoms with Gasteiger partial charge in [0.1, 0.15) is 5.75 Å². The molecule has 0 N–H and O–H groups in total. The Balaban J connectivity index is 0.000000810. The molecule has 1 nitrogen and oxygen atoms in total. The minimum atomic E-state index is 0. The van der Waals surface area contributed by atoms with Crippen molar-refractivity contribution in [1.82, 2.24) is 0 Å². The molecule has 0 saturated carbocycles. The zero-order valence-electron chi connectivity index (χ0n) is 5.16. The Hall–Kier alpha value is -0.0326. The molecular formula is C7H9LiOS. The second-order valence-electron chi connectivity index (χ2n) is 1.67. The third kappa shape index (κ3) is 2.30. The van der Waals surface area contributed by atoms with Crippen LogP contribution in [0.1, 0.15) is 0 Å². The van der Waals surface area contributed by atoms with Crippen molar-refractivity contribution in [2.24, 2.45) is 0 Å². The van der Waals surface area contributed by atoms with Crippen molar-refractivity contribution in [1.29, 1.82) is 0 Å². The number of hydrogen-bond acceptors (Lipinski definition) is 2. The molecule has 0 aromatic heterocycles. The summed E-state index contributed by atoms with van der Waals surface area (Å²) in [6.45, 7) is 0. The fourth-order valence-corrected chi connectivity index (χ4v) is 0.882. The molecule has 1 rings (SSSR count). The molecule has 10 heavy (non-hydrogen) atoms. The quantitative estimate of drug-likeness (QED) is 0.467. The van der Waals surface area contributed by atoms with Crippen LogP contribution >= 0.6 is 12.6 Å². The molecule has 0 amide bonds. The van der Waals surface area contributed by atoms with E-state index in [0.717, 1.165) is 10.6 Å². The van der Waals surface area contributed by atoms with Crippen LogP contribution in [0.15, 0.2) is 29.2 Å². The van der Waals surface area contributed by atoms with Gasteiger partial charge in [-0.15, -0.1) is 12.6 Å². The summed E-state index contributed by atoms with van der Waals surface area (Å²) < 4.78 is 4.97. The van der Waals surface area contributed by atoms with Gasteiger partial charge in [-0.05, 0) is 12.1 Å². The normalized spacial score (nSPS) is 8.20. The average molecular weight is 148 g/mol. The van der Waals surface area contributed by atoms with Crippen LogP contribution in [0.5, 0.6) is 5.75 Å². The van der Waals surface area contributed by atoms with Gasteiger partial charge in [-0.3, -0.25) is 0 Å². The van der Waals surface area contributed by atoms with E-state index < -0.39 is 0 Å². The SMILES string of the molecule is COc1ccccc1S.[LiH]. The first kappa shape index (κ1) is 9.97. The summed E-state index contributed by atoms with van der Waals surface area (Å²) in [5.74, 6) is 0.820. The van der Waals surface area contributed by atoms with Crippen molar-refractivity contribution in [2.75, 3.05) is 7.11 Å². The van der Waals surface area contributed by atoms with Crippen LogP contribution in [0.2, 0.25) is 0 Å². The fraction of sp³-hybridized carbons (Fsp3) is 0.143. The molecule has 0 saturated heterocycles. The Labute approximate surface area is 78.4 Å². The van der Waals surface area contributed by atoms with Gasteiger partial charge in [0.05, 0.1) is 7.11 Å². The Morgan fingerprint density at radius 1 is 1.30 bits per heavy atom. The van der Waals surface area contributed by atoms with Gasteiger partial charge in [0.15, 0.2) is 0 Å². The first-order valence-electron chi connectivity index (χ1n) is 2.66. The van der Waals surface area contributed by atoms with E-state index >= 15 is 0 Å². The van der Waals surface area contributed by atoms with Crippen LogP contribution in [0.3, 0.4) is 0 Å². The third-order valence-electron chi connectivity index (χ3n) is 1.09. The van der Waals surface area contributed by atoms with E-state index in [2.05, 4.69) is 12.6 Å². The van der Waals surface area contributed by atoms with Crippen LogP contribution in [0, 0.1) is 0 Å². The van der Waals surface area contributed by atoms with Crippen LogP contribution in [0.4, 0.5) is 0 Å². The number of rotatable bonds is 1. The first-order chi connectivity index (χ1) is 4.34. The van der Waals surface area contributed by atoms with Gasteiger partial charge in [0.2, 0.25) is 0 Å². The Morgan fingerprint density at radius 3 is 2.30 bits per heavy atom. The number of thiol groups is 1. The fourth-order valence-electron chi connectivity index (χ4n) is 0.630. The summed E-state index contributed by atoms with van der Waals surface area (Å²) in [7, 11) is 1.63. The summed E-state index contributed by atoms with van der Waals surface area (Å²) in [5.41, 5.74) is 0. The van der Waals surface area contributed by atoms with Gasteiger partial charge in [-0.1, -0.05) is 12.1 Å². The summed E-state index contributed by atoms with van der Waals surface area (Å²) in [5, 5.41) is 0. The Kier molecular flexibility index (Phi) is 4.72. The predicted molar refractivity (Wildman–Crippen MR) is 47.4 cm³/mol. The van der Waals surface area contributed by atoms with Crippen molar-refractivity contribution >= 4 is 31.5 Å². The molecule has 0 radical (unpaired) electrons. The maximum atomic E-state index is 4.97. The van der Waals surface area contributed by atoms with Crippen molar-refractivity contribution in [2.45, 2.75) is 4.90 Å². The molecule has 0 bridgehead atoms. The van der Waals surface area contributed by atoms with Crippen LogP contribution < -0.4 is 4.74 Å².